The molecule has 3 aliphatic rings. The van der Waals surface area contributed by atoms with Crippen LogP contribution in [0.5, 0.6) is 0 Å². The van der Waals surface area contributed by atoms with Crippen LogP contribution in [0, 0.1) is 5.41 Å². The number of carbonyl (C=O) groups is 2. The van der Waals surface area contributed by atoms with Crippen LogP contribution in [0.2, 0.25) is 0 Å². The molecule has 1 aromatic rings. The van der Waals surface area contributed by atoms with E-state index < -0.39 is 12.1 Å². The molecular weight excluding hydrogens is 435 g/mol. The second-order valence-electron chi connectivity index (χ2n) is 7.88. The summed E-state index contributed by atoms with van der Waals surface area (Å²) in [5, 5.41) is 7.12. The topological polar surface area (TPSA) is 108 Å². The van der Waals surface area contributed by atoms with Crippen molar-refractivity contribution in [2.45, 2.75) is 12.6 Å². The molecule has 1 aromatic heterocycles. The minimum atomic E-state index is -5.08. The van der Waals surface area contributed by atoms with E-state index in [0.717, 1.165) is 32.0 Å². The van der Waals surface area contributed by atoms with Gasteiger partial charge in [-0.3, -0.25) is 0 Å². The predicted octanol–water partition coefficient (Wildman–Crippen LogP) is 1.09. The van der Waals surface area contributed by atoms with Gasteiger partial charge >= 0.3 is 18.2 Å². The van der Waals surface area contributed by atoms with Crippen LogP contribution in [-0.4, -0.2) is 109 Å². The number of amides is 2. The summed E-state index contributed by atoms with van der Waals surface area (Å²) in [6.45, 7) is 6.98. The van der Waals surface area contributed by atoms with Crippen LogP contribution in [0.3, 0.4) is 0 Å². The zero-order chi connectivity index (χ0) is 23.2. The Kier molecular flexibility index (Phi) is 7.72. The van der Waals surface area contributed by atoms with Gasteiger partial charge in [-0.2, -0.15) is 13.2 Å². The number of morpholine rings is 1. The lowest BCUT2D eigenvalue weighted by atomic mass is 9.87. The van der Waals surface area contributed by atoms with Crippen molar-refractivity contribution in [3.05, 3.63) is 18.5 Å². The van der Waals surface area contributed by atoms with E-state index in [4.69, 9.17) is 19.4 Å². The van der Waals surface area contributed by atoms with Crippen molar-refractivity contribution in [3.8, 4) is 0 Å². The van der Waals surface area contributed by atoms with Crippen LogP contribution in [-0.2, 0) is 14.3 Å². The normalized spacial score (nSPS) is 24.0. The number of carbonyl (C=O) groups excluding carboxylic acids is 1. The third kappa shape index (κ3) is 6.19. The average molecular weight is 461 g/mol. The Balaban J connectivity index is 0.000000360. The van der Waals surface area contributed by atoms with Gasteiger partial charge in [0.2, 0.25) is 5.95 Å². The Labute approximate surface area is 182 Å². The summed E-state index contributed by atoms with van der Waals surface area (Å²) >= 11 is 0. The van der Waals surface area contributed by atoms with Crippen LogP contribution < -0.4 is 4.90 Å². The Morgan fingerprint density at radius 1 is 0.969 bits per heavy atom. The van der Waals surface area contributed by atoms with Crippen LogP contribution >= 0.6 is 0 Å². The minimum absolute atomic E-state index is 0.0440. The molecule has 1 spiro atoms. The third-order valence-corrected chi connectivity index (χ3v) is 5.51. The molecule has 13 heteroatoms. The first-order valence-electron chi connectivity index (χ1n) is 10.2. The summed E-state index contributed by atoms with van der Waals surface area (Å²) in [7, 11) is 0. The predicted molar refractivity (Wildman–Crippen MR) is 105 cm³/mol. The molecular formula is C19H26F3N5O5. The van der Waals surface area contributed by atoms with Gasteiger partial charge in [-0.1, -0.05) is 0 Å². The number of halogens is 3. The lowest BCUT2D eigenvalue weighted by Gasteiger charge is -2.36. The number of carboxylic acids is 1. The lowest BCUT2D eigenvalue weighted by molar-refractivity contribution is -0.192. The maximum absolute atomic E-state index is 12.9. The number of nitrogens with zero attached hydrogens (tertiary/aromatic N) is 5. The molecule has 1 unspecified atom stereocenters. The van der Waals surface area contributed by atoms with Crippen molar-refractivity contribution in [1.82, 2.24) is 19.8 Å². The maximum atomic E-state index is 12.9. The van der Waals surface area contributed by atoms with Crippen molar-refractivity contribution in [2.75, 3.05) is 70.6 Å². The summed E-state index contributed by atoms with van der Waals surface area (Å²) in [5.41, 5.74) is -0.0440. The number of ether oxygens (including phenoxy) is 2. The molecule has 0 bridgehead atoms. The van der Waals surface area contributed by atoms with Gasteiger partial charge in [0, 0.05) is 57.1 Å². The summed E-state index contributed by atoms with van der Waals surface area (Å²) in [6, 6.07) is 1.94. The van der Waals surface area contributed by atoms with Crippen molar-refractivity contribution in [3.63, 3.8) is 0 Å². The molecule has 32 heavy (non-hydrogen) atoms. The van der Waals surface area contributed by atoms with Crippen LogP contribution in [0.25, 0.3) is 0 Å². The smallest absolute Gasteiger partial charge is 0.475 e. The number of urea groups is 1. The molecule has 3 aliphatic heterocycles. The standard InChI is InChI=1S/C17H25N5O3.C2HF3O2/c23-16(20-6-9-24-10-7-20)22-8-11-25-14-17(13-22)2-5-21(12-17)15-18-3-1-4-19-15;3-2(4,5)1(6)7/h1,3-4H,2,5-14H2;(H,6,7). The first-order chi connectivity index (χ1) is 15.2. The summed E-state index contributed by atoms with van der Waals surface area (Å²) in [6.07, 6.45) is -0.561. The first kappa shape index (κ1) is 24.0. The lowest BCUT2D eigenvalue weighted by Crippen LogP contribution is -2.51. The highest BCUT2D eigenvalue weighted by atomic mass is 19.4. The molecule has 3 saturated heterocycles. The van der Waals surface area contributed by atoms with E-state index in [1.165, 1.54) is 0 Å². The van der Waals surface area contributed by atoms with Crippen LogP contribution in [0.15, 0.2) is 18.5 Å². The molecule has 4 heterocycles. The Bertz CT molecular complexity index is 778. The molecule has 1 N–H and O–H groups in total. The number of hydrogen-bond acceptors (Lipinski definition) is 7. The molecule has 1 atom stereocenters. The number of carboxylic acid groups (broad SMARTS) is 1. The highest BCUT2D eigenvalue weighted by Gasteiger charge is 2.43. The van der Waals surface area contributed by atoms with Gasteiger partial charge in [-0.15, -0.1) is 0 Å². The minimum Gasteiger partial charge on any atom is -0.475 e. The van der Waals surface area contributed by atoms with E-state index in [9.17, 15) is 18.0 Å². The van der Waals surface area contributed by atoms with Crippen molar-refractivity contribution >= 4 is 17.9 Å². The van der Waals surface area contributed by atoms with Crippen molar-refractivity contribution in [2.24, 2.45) is 5.41 Å². The first-order valence-corrected chi connectivity index (χ1v) is 10.2. The highest BCUT2D eigenvalue weighted by molar-refractivity contribution is 5.74. The Morgan fingerprint density at radius 3 is 2.19 bits per heavy atom. The van der Waals surface area contributed by atoms with E-state index >= 15 is 0 Å². The van der Waals surface area contributed by atoms with Gasteiger partial charge in [0.05, 0.1) is 26.4 Å². The SMILES string of the molecule is O=C(N1CCOCC1)N1CCOCC2(CCN(c3ncccn3)C2)C1.O=C(O)C(F)(F)F. The van der Waals surface area contributed by atoms with E-state index in [-0.39, 0.29) is 11.4 Å². The summed E-state index contributed by atoms with van der Waals surface area (Å²) in [4.78, 5) is 36.6. The molecule has 0 saturated carbocycles. The fourth-order valence-corrected chi connectivity index (χ4v) is 3.92. The van der Waals surface area contributed by atoms with Crippen LogP contribution in [0.4, 0.5) is 23.9 Å². The number of anilines is 1. The molecule has 2 amide bonds. The van der Waals surface area contributed by atoms with Crippen LogP contribution in [0.1, 0.15) is 6.42 Å². The molecule has 0 aromatic carbocycles. The number of rotatable bonds is 1. The zero-order valence-electron chi connectivity index (χ0n) is 17.5. The maximum Gasteiger partial charge on any atom is 0.490 e. The fraction of sp³-hybridized carbons (Fsp3) is 0.684. The second kappa shape index (κ2) is 10.3. The quantitative estimate of drug-likeness (QED) is 0.662. The van der Waals surface area contributed by atoms with Gasteiger partial charge in [0.1, 0.15) is 0 Å². The van der Waals surface area contributed by atoms with Gasteiger partial charge in [0.25, 0.3) is 0 Å². The molecule has 4 rings (SSSR count). The Morgan fingerprint density at radius 2 is 1.56 bits per heavy atom. The monoisotopic (exact) mass is 461 g/mol. The number of hydrogen-bond donors (Lipinski definition) is 1. The average Bonchev–Trinajstić information content (AvgIpc) is 3.08. The second-order valence-corrected chi connectivity index (χ2v) is 7.88. The van der Waals surface area contributed by atoms with Gasteiger partial charge in [-0.05, 0) is 12.5 Å². The molecule has 10 nitrogen and oxygen atoms in total. The van der Waals surface area contributed by atoms with Crippen molar-refractivity contribution < 1.29 is 37.3 Å². The van der Waals surface area contributed by atoms with Gasteiger partial charge in [-0.25, -0.2) is 19.6 Å². The highest BCUT2D eigenvalue weighted by Crippen LogP contribution is 2.35. The Hall–Kier alpha value is -2.67. The number of aliphatic carboxylic acids is 1. The number of alkyl halides is 3. The van der Waals surface area contributed by atoms with E-state index in [1.807, 2.05) is 15.9 Å². The van der Waals surface area contributed by atoms with E-state index in [0.29, 0.717) is 46.1 Å². The third-order valence-electron chi connectivity index (χ3n) is 5.51. The fourth-order valence-electron chi connectivity index (χ4n) is 3.92. The molecule has 0 radical (unpaired) electrons. The molecule has 3 fully saturated rings. The van der Waals surface area contributed by atoms with Gasteiger partial charge < -0.3 is 29.3 Å². The molecule has 178 valence electrons. The summed E-state index contributed by atoms with van der Waals surface area (Å²) in [5.74, 6) is -2.00. The summed E-state index contributed by atoms with van der Waals surface area (Å²) < 4.78 is 43.0. The zero-order valence-corrected chi connectivity index (χ0v) is 17.5. The van der Waals surface area contributed by atoms with Crippen molar-refractivity contribution in [1.29, 1.82) is 0 Å². The van der Waals surface area contributed by atoms with Gasteiger partial charge in [0.15, 0.2) is 0 Å². The molecule has 0 aliphatic carbocycles. The largest absolute Gasteiger partial charge is 0.490 e. The van der Waals surface area contributed by atoms with E-state index in [1.54, 1.807) is 12.4 Å². The van der Waals surface area contributed by atoms with E-state index in [2.05, 4.69) is 14.9 Å². The number of aromatic nitrogens is 2.